The van der Waals surface area contributed by atoms with Gasteiger partial charge < -0.3 is 14.8 Å². The van der Waals surface area contributed by atoms with Crippen molar-refractivity contribution in [3.8, 4) is 11.5 Å². The predicted octanol–water partition coefficient (Wildman–Crippen LogP) is 2.20. The van der Waals surface area contributed by atoms with Gasteiger partial charge in [-0.2, -0.15) is 0 Å². The Kier molecular flexibility index (Phi) is 4.12. The van der Waals surface area contributed by atoms with E-state index < -0.39 is 0 Å². The summed E-state index contributed by atoms with van der Waals surface area (Å²) in [5.74, 6) is 1.59. The molecule has 0 amide bonds. The van der Waals surface area contributed by atoms with Gasteiger partial charge in [-0.3, -0.25) is 4.68 Å². The van der Waals surface area contributed by atoms with Gasteiger partial charge in [-0.1, -0.05) is 21.1 Å². The highest BCUT2D eigenvalue weighted by Crippen LogP contribution is 2.37. The molecular formula is C14H17BrN4O2. The van der Waals surface area contributed by atoms with Gasteiger partial charge >= 0.3 is 0 Å². The summed E-state index contributed by atoms with van der Waals surface area (Å²) in [6, 6.07) is 4.15. The Morgan fingerprint density at radius 3 is 2.71 bits per heavy atom. The van der Waals surface area contributed by atoms with Crippen molar-refractivity contribution in [1.82, 2.24) is 20.3 Å². The summed E-state index contributed by atoms with van der Waals surface area (Å²) >= 11 is 3.60. The van der Waals surface area contributed by atoms with Gasteiger partial charge in [0, 0.05) is 24.1 Å². The Morgan fingerprint density at radius 1 is 1.33 bits per heavy atom. The molecule has 0 bridgehead atoms. The first-order valence-corrected chi connectivity index (χ1v) is 7.60. The summed E-state index contributed by atoms with van der Waals surface area (Å²) in [5.41, 5.74) is 2.17. The molecule has 0 radical (unpaired) electrons. The molecule has 1 aliphatic rings. The molecule has 2 heterocycles. The van der Waals surface area contributed by atoms with E-state index in [4.69, 9.17) is 9.47 Å². The van der Waals surface area contributed by atoms with E-state index >= 15 is 0 Å². The minimum absolute atomic E-state index is 0.158. The first-order valence-electron chi connectivity index (χ1n) is 6.81. The Morgan fingerprint density at radius 2 is 2.05 bits per heavy atom. The van der Waals surface area contributed by atoms with Crippen molar-refractivity contribution in [2.24, 2.45) is 7.05 Å². The number of halogens is 1. The average Bonchev–Trinajstić information content (AvgIpc) is 2.89. The van der Waals surface area contributed by atoms with Crippen molar-refractivity contribution in [3.63, 3.8) is 0 Å². The average molecular weight is 353 g/mol. The minimum atomic E-state index is 0.158. The Hall–Kier alpha value is -1.60. The summed E-state index contributed by atoms with van der Waals surface area (Å²) in [4.78, 5) is 0. The number of aromatic nitrogens is 3. The maximum Gasteiger partial charge on any atom is 0.162 e. The minimum Gasteiger partial charge on any atom is -0.486 e. The third kappa shape index (κ3) is 3.03. The summed E-state index contributed by atoms with van der Waals surface area (Å²) in [7, 11) is 1.88. The quantitative estimate of drug-likeness (QED) is 0.913. The van der Waals surface area contributed by atoms with Crippen molar-refractivity contribution < 1.29 is 9.47 Å². The van der Waals surface area contributed by atoms with Crippen molar-refractivity contribution in [2.45, 2.75) is 19.5 Å². The Bertz CT molecular complexity index is 644. The van der Waals surface area contributed by atoms with Crippen LogP contribution in [0.25, 0.3) is 0 Å². The van der Waals surface area contributed by atoms with E-state index in [9.17, 15) is 0 Å². The lowest BCUT2D eigenvalue weighted by Crippen LogP contribution is -2.21. The van der Waals surface area contributed by atoms with E-state index in [2.05, 4.69) is 38.5 Å². The molecule has 21 heavy (non-hydrogen) atoms. The molecule has 1 aliphatic heterocycles. The van der Waals surface area contributed by atoms with Crippen LogP contribution in [0.15, 0.2) is 22.8 Å². The van der Waals surface area contributed by atoms with E-state index in [1.165, 1.54) is 0 Å². The maximum absolute atomic E-state index is 5.64. The molecule has 1 aromatic carbocycles. The molecule has 0 spiro atoms. The zero-order valence-electron chi connectivity index (χ0n) is 12.0. The molecule has 7 heteroatoms. The largest absolute Gasteiger partial charge is 0.486 e. The van der Waals surface area contributed by atoms with Crippen molar-refractivity contribution in [1.29, 1.82) is 0 Å². The van der Waals surface area contributed by atoms with Crippen molar-refractivity contribution >= 4 is 15.9 Å². The third-order valence-corrected chi connectivity index (χ3v) is 4.21. The number of benzene rings is 1. The molecule has 6 nitrogen and oxygen atoms in total. The number of aryl methyl sites for hydroxylation is 1. The van der Waals surface area contributed by atoms with Crippen LogP contribution >= 0.6 is 15.9 Å². The van der Waals surface area contributed by atoms with Gasteiger partial charge in [-0.25, -0.2) is 0 Å². The fourth-order valence-corrected chi connectivity index (χ4v) is 2.92. The van der Waals surface area contributed by atoms with Gasteiger partial charge in [-0.05, 0) is 24.6 Å². The van der Waals surface area contributed by atoms with Crippen LogP contribution in [0.3, 0.4) is 0 Å². The van der Waals surface area contributed by atoms with Gasteiger partial charge in [0.25, 0.3) is 0 Å². The highest BCUT2D eigenvalue weighted by molar-refractivity contribution is 9.10. The Balaban J connectivity index is 1.75. The van der Waals surface area contributed by atoms with E-state index in [1.54, 1.807) is 10.9 Å². The topological polar surface area (TPSA) is 61.2 Å². The number of fused-ring (bicyclic) bond motifs is 1. The van der Waals surface area contributed by atoms with Crippen molar-refractivity contribution in [3.05, 3.63) is 34.1 Å². The van der Waals surface area contributed by atoms with Gasteiger partial charge in [0.15, 0.2) is 11.5 Å². The van der Waals surface area contributed by atoms with Crippen LogP contribution in [-0.4, -0.2) is 28.2 Å². The summed E-state index contributed by atoms with van der Waals surface area (Å²) in [6.45, 7) is 4.00. The van der Waals surface area contributed by atoms with Crippen molar-refractivity contribution in [2.75, 3.05) is 13.2 Å². The van der Waals surface area contributed by atoms with Gasteiger partial charge in [0.05, 0.1) is 11.9 Å². The standard InChI is InChI=1S/C14H17BrN4O2/c1-9(16-7-10-8-17-18-19(10)2)11-5-13-14(6-12(11)15)21-4-3-20-13/h5-6,8-9,16H,3-4,7H2,1-2H3. The molecule has 0 fully saturated rings. The number of rotatable bonds is 4. The highest BCUT2D eigenvalue weighted by Gasteiger charge is 2.18. The van der Waals surface area contributed by atoms with Gasteiger partial charge in [0.2, 0.25) is 0 Å². The smallest absolute Gasteiger partial charge is 0.162 e. The highest BCUT2D eigenvalue weighted by atomic mass is 79.9. The van der Waals surface area contributed by atoms with E-state index in [1.807, 2.05) is 19.2 Å². The second-order valence-electron chi connectivity index (χ2n) is 4.97. The predicted molar refractivity (Wildman–Crippen MR) is 81.4 cm³/mol. The SMILES string of the molecule is CC(NCc1cnnn1C)c1cc2c(cc1Br)OCCO2. The number of ether oxygens (including phenoxy) is 2. The molecule has 1 N–H and O–H groups in total. The van der Waals surface area contributed by atoms with Crippen LogP contribution < -0.4 is 14.8 Å². The van der Waals surface area contributed by atoms with Crippen LogP contribution in [-0.2, 0) is 13.6 Å². The molecule has 0 aliphatic carbocycles. The van der Waals surface area contributed by atoms with E-state index in [0.29, 0.717) is 19.8 Å². The molecule has 2 aromatic rings. The fraction of sp³-hybridized carbons (Fsp3) is 0.429. The normalized spacial score (nSPS) is 15.0. The van der Waals surface area contributed by atoms with Crippen LogP contribution in [0.4, 0.5) is 0 Å². The molecule has 1 unspecified atom stereocenters. The van der Waals surface area contributed by atoms with Gasteiger partial charge in [0.1, 0.15) is 13.2 Å². The third-order valence-electron chi connectivity index (χ3n) is 3.53. The molecule has 1 atom stereocenters. The van der Waals surface area contributed by atoms with Crippen LogP contribution in [0.2, 0.25) is 0 Å². The second kappa shape index (κ2) is 6.03. The molecular weight excluding hydrogens is 336 g/mol. The van der Waals surface area contributed by atoms with Crippen LogP contribution in [0.5, 0.6) is 11.5 Å². The first-order chi connectivity index (χ1) is 10.1. The molecule has 3 rings (SSSR count). The lowest BCUT2D eigenvalue weighted by atomic mass is 10.1. The summed E-state index contributed by atoms with van der Waals surface area (Å²) in [6.07, 6.45) is 1.76. The van der Waals surface area contributed by atoms with Crippen LogP contribution in [0.1, 0.15) is 24.2 Å². The molecule has 112 valence electrons. The number of hydrogen-bond donors (Lipinski definition) is 1. The molecule has 0 saturated carbocycles. The second-order valence-corrected chi connectivity index (χ2v) is 5.82. The summed E-state index contributed by atoms with van der Waals surface area (Å²) in [5, 5.41) is 11.3. The summed E-state index contributed by atoms with van der Waals surface area (Å²) < 4.78 is 14.0. The monoisotopic (exact) mass is 352 g/mol. The zero-order chi connectivity index (χ0) is 14.8. The molecule has 1 aromatic heterocycles. The fourth-order valence-electron chi connectivity index (χ4n) is 2.25. The van der Waals surface area contributed by atoms with E-state index in [0.717, 1.165) is 27.2 Å². The van der Waals surface area contributed by atoms with E-state index in [-0.39, 0.29) is 6.04 Å². The lowest BCUT2D eigenvalue weighted by molar-refractivity contribution is 0.171. The first kappa shape index (κ1) is 14.3. The zero-order valence-corrected chi connectivity index (χ0v) is 13.6. The number of nitrogens with zero attached hydrogens (tertiary/aromatic N) is 3. The number of nitrogens with one attached hydrogen (secondary N) is 1. The van der Waals surface area contributed by atoms with Crippen LogP contribution in [0, 0.1) is 0 Å². The van der Waals surface area contributed by atoms with Gasteiger partial charge in [-0.15, -0.1) is 5.10 Å². The number of hydrogen-bond acceptors (Lipinski definition) is 5. The lowest BCUT2D eigenvalue weighted by Gasteiger charge is -2.22. The maximum atomic E-state index is 5.64. The Labute approximate surface area is 131 Å². The molecule has 0 saturated heterocycles.